The van der Waals surface area contributed by atoms with E-state index in [2.05, 4.69) is 0 Å². The molecular formula is C6H11ClFN. The van der Waals surface area contributed by atoms with E-state index in [0.29, 0.717) is 0 Å². The Kier molecular flexibility index (Phi) is 2.73. The fraction of sp³-hybridized carbons (Fsp3) is 1.00. The molecule has 0 radical (unpaired) electrons. The van der Waals surface area contributed by atoms with Crippen LogP contribution in [0, 0.1) is 0 Å². The Morgan fingerprint density at radius 2 is 1.78 bits per heavy atom. The molecule has 0 bridgehead atoms. The van der Waals surface area contributed by atoms with Gasteiger partial charge in [-0.2, -0.15) is 5.54 Å². The summed E-state index contributed by atoms with van der Waals surface area (Å²) in [5, 5.41) is 0.287. The van der Waals surface area contributed by atoms with Crippen molar-refractivity contribution in [3.8, 4) is 0 Å². The van der Waals surface area contributed by atoms with E-state index in [1.54, 1.807) is 5.54 Å². The fourth-order valence-corrected chi connectivity index (χ4v) is 1.41. The van der Waals surface area contributed by atoms with Gasteiger partial charge in [-0.15, -0.1) is 16.1 Å². The van der Waals surface area contributed by atoms with Crippen LogP contribution in [0.25, 0.3) is 0 Å². The van der Waals surface area contributed by atoms with Gasteiger partial charge in [0, 0.05) is 11.4 Å². The van der Waals surface area contributed by atoms with Gasteiger partial charge in [0.05, 0.1) is 0 Å². The Hall–Kier alpha value is 0.180. The molecular weight excluding hydrogens is 141 g/mol. The van der Waals surface area contributed by atoms with Crippen molar-refractivity contribution in [3.63, 3.8) is 0 Å². The monoisotopic (exact) mass is 151 g/mol. The Morgan fingerprint density at radius 3 is 2.22 bits per heavy atom. The standard InChI is InChI=1S/C6H11ClFN/c7-5-1-3-6(9-8)4-2-5/h5-6,9H,1-4H2. The summed E-state index contributed by atoms with van der Waals surface area (Å²) in [6.45, 7) is 0. The summed E-state index contributed by atoms with van der Waals surface area (Å²) in [7, 11) is 0. The molecule has 0 atom stereocenters. The molecule has 0 aromatic rings. The SMILES string of the molecule is FNC1CCC(Cl)CC1. The van der Waals surface area contributed by atoms with E-state index >= 15 is 0 Å². The minimum atomic E-state index is 0.0694. The van der Waals surface area contributed by atoms with Gasteiger partial charge in [0.2, 0.25) is 0 Å². The molecule has 54 valence electrons. The van der Waals surface area contributed by atoms with E-state index < -0.39 is 0 Å². The molecule has 0 unspecified atom stereocenters. The Bertz CT molecular complexity index is 81.1. The molecule has 1 fully saturated rings. The van der Waals surface area contributed by atoms with Gasteiger partial charge in [-0.3, -0.25) is 0 Å². The van der Waals surface area contributed by atoms with Gasteiger partial charge in [-0.1, -0.05) is 0 Å². The molecule has 1 aliphatic rings. The lowest BCUT2D eigenvalue weighted by Crippen LogP contribution is -2.27. The van der Waals surface area contributed by atoms with Gasteiger partial charge < -0.3 is 0 Å². The summed E-state index contributed by atoms with van der Waals surface area (Å²) in [5.41, 5.74) is 1.77. The van der Waals surface area contributed by atoms with E-state index in [0.717, 1.165) is 25.7 Å². The molecule has 1 saturated carbocycles. The maximum absolute atomic E-state index is 11.7. The van der Waals surface area contributed by atoms with Crippen LogP contribution in [-0.4, -0.2) is 11.4 Å². The second kappa shape index (κ2) is 3.37. The van der Waals surface area contributed by atoms with Crippen LogP contribution in [0.1, 0.15) is 25.7 Å². The molecule has 1 rings (SSSR count). The third kappa shape index (κ3) is 2.11. The summed E-state index contributed by atoms with van der Waals surface area (Å²) < 4.78 is 11.7. The summed E-state index contributed by atoms with van der Waals surface area (Å²) in [5.74, 6) is 0. The van der Waals surface area contributed by atoms with Gasteiger partial charge in [0.1, 0.15) is 0 Å². The quantitative estimate of drug-likeness (QED) is 0.447. The molecule has 0 saturated heterocycles. The minimum Gasteiger partial charge on any atom is -0.156 e. The molecule has 1 aliphatic carbocycles. The predicted molar refractivity (Wildman–Crippen MR) is 36.1 cm³/mol. The Morgan fingerprint density at radius 1 is 1.22 bits per heavy atom. The first-order valence-corrected chi connectivity index (χ1v) is 3.77. The number of alkyl halides is 1. The number of hydrogen-bond donors (Lipinski definition) is 1. The highest BCUT2D eigenvalue weighted by Crippen LogP contribution is 2.22. The van der Waals surface area contributed by atoms with Crippen molar-refractivity contribution in [1.29, 1.82) is 0 Å². The first kappa shape index (κ1) is 7.29. The zero-order chi connectivity index (χ0) is 6.69. The van der Waals surface area contributed by atoms with Crippen LogP contribution in [0.15, 0.2) is 0 Å². The van der Waals surface area contributed by atoms with Crippen molar-refractivity contribution < 1.29 is 4.48 Å². The average molecular weight is 152 g/mol. The van der Waals surface area contributed by atoms with Crippen LogP contribution in [0.2, 0.25) is 0 Å². The third-order valence-electron chi connectivity index (χ3n) is 1.81. The van der Waals surface area contributed by atoms with Crippen molar-refractivity contribution in [2.24, 2.45) is 0 Å². The van der Waals surface area contributed by atoms with Gasteiger partial charge in [-0.25, -0.2) is 0 Å². The van der Waals surface area contributed by atoms with Gasteiger partial charge in [-0.05, 0) is 25.7 Å². The van der Waals surface area contributed by atoms with Crippen LogP contribution in [-0.2, 0) is 0 Å². The van der Waals surface area contributed by atoms with E-state index in [-0.39, 0.29) is 11.4 Å². The van der Waals surface area contributed by atoms with E-state index in [4.69, 9.17) is 11.6 Å². The lowest BCUT2D eigenvalue weighted by Gasteiger charge is -2.22. The molecule has 0 aliphatic heterocycles. The second-order valence-corrected chi connectivity index (χ2v) is 3.18. The summed E-state index contributed by atoms with van der Waals surface area (Å²) in [4.78, 5) is 0. The minimum absolute atomic E-state index is 0.0694. The lowest BCUT2D eigenvalue weighted by molar-refractivity contribution is 0.227. The van der Waals surface area contributed by atoms with Crippen molar-refractivity contribution in [2.45, 2.75) is 37.1 Å². The first-order valence-electron chi connectivity index (χ1n) is 3.33. The van der Waals surface area contributed by atoms with Crippen LogP contribution >= 0.6 is 11.6 Å². The molecule has 0 amide bonds. The number of nitrogens with one attached hydrogen (secondary N) is 1. The van der Waals surface area contributed by atoms with Crippen molar-refractivity contribution in [3.05, 3.63) is 0 Å². The highest BCUT2D eigenvalue weighted by atomic mass is 35.5. The van der Waals surface area contributed by atoms with Crippen molar-refractivity contribution in [2.75, 3.05) is 0 Å². The maximum Gasteiger partial charge on any atom is 0.0372 e. The normalized spacial score (nSPS) is 36.7. The molecule has 3 heteroatoms. The zero-order valence-electron chi connectivity index (χ0n) is 5.24. The molecule has 0 spiro atoms. The second-order valence-electron chi connectivity index (χ2n) is 2.56. The van der Waals surface area contributed by atoms with Gasteiger partial charge in [0.25, 0.3) is 0 Å². The molecule has 1 N–H and O–H groups in total. The first-order chi connectivity index (χ1) is 4.33. The highest BCUT2D eigenvalue weighted by Gasteiger charge is 2.18. The van der Waals surface area contributed by atoms with E-state index in [1.165, 1.54) is 0 Å². The zero-order valence-corrected chi connectivity index (χ0v) is 5.99. The van der Waals surface area contributed by atoms with Crippen LogP contribution in [0.3, 0.4) is 0 Å². The smallest absolute Gasteiger partial charge is 0.0372 e. The Balaban J connectivity index is 2.18. The fourth-order valence-electron chi connectivity index (χ4n) is 1.16. The van der Waals surface area contributed by atoms with Crippen molar-refractivity contribution >= 4 is 11.6 Å². The van der Waals surface area contributed by atoms with Crippen LogP contribution in [0.5, 0.6) is 0 Å². The number of hydrogen-bond acceptors (Lipinski definition) is 1. The van der Waals surface area contributed by atoms with Gasteiger partial charge in [0.15, 0.2) is 0 Å². The van der Waals surface area contributed by atoms with Crippen LogP contribution in [0.4, 0.5) is 4.48 Å². The van der Waals surface area contributed by atoms with Crippen molar-refractivity contribution in [1.82, 2.24) is 5.54 Å². The Labute approximate surface area is 59.5 Å². The van der Waals surface area contributed by atoms with Gasteiger partial charge >= 0.3 is 0 Å². The molecule has 1 nitrogen and oxygen atoms in total. The number of rotatable bonds is 1. The number of halogens is 2. The highest BCUT2D eigenvalue weighted by molar-refractivity contribution is 6.20. The van der Waals surface area contributed by atoms with E-state index in [1.807, 2.05) is 0 Å². The average Bonchev–Trinajstić information content (AvgIpc) is 1.90. The molecule has 0 heterocycles. The maximum atomic E-state index is 11.7. The third-order valence-corrected chi connectivity index (χ3v) is 2.25. The summed E-state index contributed by atoms with van der Waals surface area (Å²) in [6.07, 6.45) is 3.65. The van der Waals surface area contributed by atoms with E-state index in [9.17, 15) is 4.48 Å². The lowest BCUT2D eigenvalue weighted by atomic mass is 9.96. The molecule has 9 heavy (non-hydrogen) atoms. The molecule has 0 aromatic carbocycles. The molecule has 0 aromatic heterocycles. The summed E-state index contributed by atoms with van der Waals surface area (Å²) >= 11 is 5.79. The predicted octanol–water partition coefficient (Wildman–Crippen LogP) is 2.01. The summed E-state index contributed by atoms with van der Waals surface area (Å²) in [6, 6.07) is 0.0694. The largest absolute Gasteiger partial charge is 0.156 e. The van der Waals surface area contributed by atoms with Crippen LogP contribution < -0.4 is 5.54 Å². The topological polar surface area (TPSA) is 12.0 Å².